The average Bonchev–Trinajstić information content (AvgIpc) is 3.06. The number of halogens is 1. The van der Waals surface area contributed by atoms with Gasteiger partial charge in [-0.3, -0.25) is 9.69 Å². The van der Waals surface area contributed by atoms with E-state index < -0.39 is 0 Å². The van der Waals surface area contributed by atoms with E-state index >= 15 is 0 Å². The largest absolute Gasteiger partial charge is 0.378 e. The Morgan fingerprint density at radius 2 is 2.29 bits per heavy atom. The Labute approximate surface area is 104 Å². The lowest BCUT2D eigenvalue weighted by Crippen LogP contribution is -2.28. The molecule has 1 saturated carbocycles. The van der Waals surface area contributed by atoms with Crippen molar-refractivity contribution in [3.63, 3.8) is 0 Å². The van der Waals surface area contributed by atoms with E-state index in [1.54, 1.807) is 6.20 Å². The first-order valence-corrected chi connectivity index (χ1v) is 6.35. The van der Waals surface area contributed by atoms with Crippen LogP contribution in [0.4, 0.5) is 5.69 Å². The summed E-state index contributed by atoms with van der Waals surface area (Å²) in [5, 5.41) is 9.57. The van der Waals surface area contributed by atoms with Gasteiger partial charge in [-0.2, -0.15) is 5.10 Å². The summed E-state index contributed by atoms with van der Waals surface area (Å²) >= 11 is 5.92. The van der Waals surface area contributed by atoms with Crippen LogP contribution in [-0.4, -0.2) is 40.3 Å². The molecule has 1 unspecified atom stereocenters. The first-order valence-electron chi connectivity index (χ1n) is 5.98. The topological polar surface area (TPSA) is 61.0 Å². The number of likely N-dealkylation sites (tertiary alicyclic amines) is 1. The van der Waals surface area contributed by atoms with E-state index in [0.29, 0.717) is 11.7 Å². The maximum Gasteiger partial charge on any atom is 0.285 e. The van der Waals surface area contributed by atoms with Gasteiger partial charge in [0.15, 0.2) is 0 Å². The predicted molar refractivity (Wildman–Crippen MR) is 66.5 cm³/mol. The summed E-state index contributed by atoms with van der Waals surface area (Å²) in [4.78, 5) is 13.8. The van der Waals surface area contributed by atoms with Gasteiger partial charge in [0, 0.05) is 25.2 Å². The van der Waals surface area contributed by atoms with Gasteiger partial charge in [0.2, 0.25) is 0 Å². The first kappa shape index (κ1) is 11.0. The molecule has 2 heterocycles. The van der Waals surface area contributed by atoms with Crippen LogP contribution in [0.25, 0.3) is 0 Å². The fourth-order valence-corrected chi connectivity index (χ4v) is 2.53. The molecule has 0 aromatic carbocycles. The molecular weight excluding hydrogens is 240 g/mol. The van der Waals surface area contributed by atoms with Gasteiger partial charge in [-0.15, -0.1) is 0 Å². The van der Waals surface area contributed by atoms with Gasteiger partial charge in [-0.05, 0) is 19.3 Å². The molecule has 1 aliphatic heterocycles. The van der Waals surface area contributed by atoms with Gasteiger partial charge < -0.3 is 5.32 Å². The van der Waals surface area contributed by atoms with Crippen molar-refractivity contribution in [2.75, 3.05) is 18.4 Å². The molecule has 0 spiro atoms. The number of hydrogen-bond acceptors (Lipinski definition) is 4. The van der Waals surface area contributed by atoms with Crippen molar-refractivity contribution in [1.82, 2.24) is 15.1 Å². The standard InChI is InChI=1S/C11H15ClN4O/c12-10-9(5-13-15-11(10)17)14-7-3-4-16(6-7)8-1-2-8/h5,7-8H,1-4,6H2,(H2,14,15,17). The highest BCUT2D eigenvalue weighted by Gasteiger charge is 2.34. The SMILES string of the molecule is O=c1[nH]ncc(NC2CCN(C3CC3)C2)c1Cl. The van der Waals surface area contributed by atoms with Gasteiger partial charge in [-0.1, -0.05) is 11.6 Å². The molecule has 0 amide bonds. The molecule has 3 rings (SSSR count). The molecule has 1 aromatic heterocycles. The van der Waals surface area contributed by atoms with Crippen LogP contribution in [0.15, 0.2) is 11.0 Å². The quantitative estimate of drug-likeness (QED) is 0.847. The first-order chi connectivity index (χ1) is 8.24. The molecule has 1 saturated heterocycles. The third kappa shape index (κ3) is 2.30. The van der Waals surface area contributed by atoms with E-state index in [1.807, 2.05) is 0 Å². The van der Waals surface area contributed by atoms with Crippen LogP contribution in [0.2, 0.25) is 5.02 Å². The Balaban J connectivity index is 1.67. The second-order valence-corrected chi connectivity index (χ2v) is 5.16. The van der Waals surface area contributed by atoms with Crippen molar-refractivity contribution >= 4 is 17.3 Å². The molecule has 2 N–H and O–H groups in total. The van der Waals surface area contributed by atoms with Crippen LogP contribution >= 0.6 is 11.6 Å². The summed E-state index contributed by atoms with van der Waals surface area (Å²) < 4.78 is 0. The maximum atomic E-state index is 11.3. The van der Waals surface area contributed by atoms with Gasteiger partial charge in [-0.25, -0.2) is 5.10 Å². The Morgan fingerprint density at radius 1 is 1.47 bits per heavy atom. The average molecular weight is 255 g/mol. The van der Waals surface area contributed by atoms with Crippen LogP contribution in [0, 0.1) is 0 Å². The van der Waals surface area contributed by atoms with Crippen LogP contribution in [0.3, 0.4) is 0 Å². The number of H-pyrrole nitrogens is 1. The Hall–Kier alpha value is -1.07. The third-order valence-electron chi connectivity index (χ3n) is 3.44. The number of aromatic nitrogens is 2. The van der Waals surface area contributed by atoms with Crippen molar-refractivity contribution in [1.29, 1.82) is 0 Å². The lowest BCUT2D eigenvalue weighted by atomic mass is 10.2. The smallest absolute Gasteiger partial charge is 0.285 e. The van der Waals surface area contributed by atoms with Gasteiger partial charge in [0.05, 0.1) is 11.9 Å². The fraction of sp³-hybridized carbons (Fsp3) is 0.636. The summed E-state index contributed by atoms with van der Waals surface area (Å²) in [6, 6.07) is 1.17. The Bertz CT molecular complexity index is 471. The highest BCUT2D eigenvalue weighted by molar-refractivity contribution is 6.32. The minimum absolute atomic E-state index is 0.199. The van der Waals surface area contributed by atoms with E-state index in [-0.39, 0.29) is 10.6 Å². The van der Waals surface area contributed by atoms with E-state index in [0.717, 1.165) is 25.6 Å². The summed E-state index contributed by atoms with van der Waals surface area (Å²) in [7, 11) is 0. The number of aromatic amines is 1. The maximum absolute atomic E-state index is 11.3. The Morgan fingerprint density at radius 3 is 3.06 bits per heavy atom. The van der Waals surface area contributed by atoms with Crippen molar-refractivity contribution in [2.24, 2.45) is 0 Å². The normalized spacial score (nSPS) is 25.1. The zero-order valence-corrected chi connectivity index (χ0v) is 10.2. The number of hydrogen-bond donors (Lipinski definition) is 2. The van der Waals surface area contributed by atoms with Crippen molar-refractivity contribution in [3.8, 4) is 0 Å². The van der Waals surface area contributed by atoms with Crippen LogP contribution < -0.4 is 10.9 Å². The number of rotatable bonds is 3. The van der Waals surface area contributed by atoms with Crippen molar-refractivity contribution < 1.29 is 0 Å². The summed E-state index contributed by atoms with van der Waals surface area (Å²) in [6.07, 6.45) is 5.34. The highest BCUT2D eigenvalue weighted by Crippen LogP contribution is 2.30. The van der Waals surface area contributed by atoms with Crippen LogP contribution in [0.5, 0.6) is 0 Å². The molecule has 17 heavy (non-hydrogen) atoms. The summed E-state index contributed by atoms with van der Waals surface area (Å²) in [5.41, 5.74) is 0.298. The summed E-state index contributed by atoms with van der Waals surface area (Å²) in [5.74, 6) is 0. The van der Waals surface area contributed by atoms with Crippen LogP contribution in [0.1, 0.15) is 19.3 Å². The lowest BCUT2D eigenvalue weighted by Gasteiger charge is -2.16. The third-order valence-corrected chi connectivity index (χ3v) is 3.81. The molecule has 92 valence electrons. The molecule has 6 heteroatoms. The predicted octanol–water partition coefficient (Wildman–Crippen LogP) is 1.07. The van der Waals surface area contributed by atoms with Gasteiger partial charge in [0.25, 0.3) is 5.56 Å². The van der Waals surface area contributed by atoms with Crippen LogP contribution in [-0.2, 0) is 0 Å². The molecule has 5 nitrogen and oxygen atoms in total. The van der Waals surface area contributed by atoms with Gasteiger partial charge >= 0.3 is 0 Å². The lowest BCUT2D eigenvalue weighted by molar-refractivity contribution is 0.326. The fourth-order valence-electron chi connectivity index (χ4n) is 2.38. The Kier molecular flexibility index (Phi) is 2.80. The number of anilines is 1. The second-order valence-electron chi connectivity index (χ2n) is 4.78. The molecule has 0 bridgehead atoms. The minimum Gasteiger partial charge on any atom is -0.378 e. The summed E-state index contributed by atoms with van der Waals surface area (Å²) in [6.45, 7) is 2.17. The molecule has 1 aromatic rings. The van der Waals surface area contributed by atoms with Crippen molar-refractivity contribution in [3.05, 3.63) is 21.6 Å². The molecular formula is C11H15ClN4O. The monoisotopic (exact) mass is 254 g/mol. The van der Waals surface area contributed by atoms with E-state index in [1.165, 1.54) is 12.8 Å². The zero-order valence-electron chi connectivity index (χ0n) is 9.45. The molecule has 2 fully saturated rings. The molecule has 1 aliphatic carbocycles. The van der Waals surface area contributed by atoms with Crippen molar-refractivity contribution in [2.45, 2.75) is 31.3 Å². The van der Waals surface area contributed by atoms with E-state index in [4.69, 9.17) is 11.6 Å². The van der Waals surface area contributed by atoms with Gasteiger partial charge in [0.1, 0.15) is 5.02 Å². The highest BCUT2D eigenvalue weighted by atomic mass is 35.5. The molecule has 2 aliphatic rings. The molecule has 1 atom stereocenters. The minimum atomic E-state index is -0.339. The second kappa shape index (κ2) is 4.31. The number of nitrogens with one attached hydrogen (secondary N) is 2. The van der Waals surface area contributed by atoms with E-state index in [2.05, 4.69) is 20.4 Å². The molecule has 0 radical (unpaired) electrons. The number of nitrogens with zero attached hydrogens (tertiary/aromatic N) is 2. The zero-order chi connectivity index (χ0) is 11.8. The van der Waals surface area contributed by atoms with E-state index in [9.17, 15) is 4.79 Å².